The molecule has 49 heavy (non-hydrogen) atoms. The summed E-state index contributed by atoms with van der Waals surface area (Å²) in [4.78, 5) is 47.2. The zero-order valence-corrected chi connectivity index (χ0v) is 24.2. The van der Waals surface area contributed by atoms with Gasteiger partial charge in [0, 0.05) is 17.2 Å². The van der Waals surface area contributed by atoms with Gasteiger partial charge in [-0.05, 0) is 37.6 Å². The lowest BCUT2D eigenvalue weighted by molar-refractivity contribution is -0.130. The summed E-state index contributed by atoms with van der Waals surface area (Å²) in [6.07, 6.45) is 1.76. The van der Waals surface area contributed by atoms with Crippen molar-refractivity contribution in [3.8, 4) is 16.9 Å². The number of rotatable bonds is 10. The maximum Gasteiger partial charge on any atom is 0.338 e. The third-order valence-corrected chi connectivity index (χ3v) is 5.95. The molecule has 3 aromatic rings. The van der Waals surface area contributed by atoms with Crippen LogP contribution in [0.5, 0.6) is 5.75 Å². The first kappa shape index (κ1) is 41.2. The second-order valence-electron chi connectivity index (χ2n) is 9.58. The molecule has 0 bridgehead atoms. The first-order valence-corrected chi connectivity index (χ1v) is 12.9. The standard InChI is InChI=1S/C31H21F8N3O5.2CH4/c1-12(2)30(45)40-11-17(44)42-29-26(38)22(34)19(23(35)27(29)39)18-20(32)24(36)28(25(37)21(18)33)41-16(43)10-7-14-5-8-15(9-6-14)47-31(46)13(3)4;;/h5-10H,1,3,11H2,2,4H3,(H,40,45)(H,41,43)(H,42,44);2*1H4/b10-7+;;. The smallest absolute Gasteiger partial charge is 0.338 e. The molecule has 0 atom stereocenters. The third-order valence-electron chi connectivity index (χ3n) is 5.95. The van der Waals surface area contributed by atoms with E-state index in [-0.39, 0.29) is 37.3 Å². The fourth-order valence-electron chi connectivity index (χ4n) is 3.59. The Morgan fingerprint density at radius 3 is 1.51 bits per heavy atom. The second-order valence-corrected chi connectivity index (χ2v) is 9.58. The van der Waals surface area contributed by atoms with E-state index in [2.05, 4.69) is 13.2 Å². The number of carbonyl (C=O) groups is 4. The highest BCUT2D eigenvalue weighted by atomic mass is 19.2. The van der Waals surface area contributed by atoms with Gasteiger partial charge in [0.25, 0.3) is 0 Å². The van der Waals surface area contributed by atoms with Gasteiger partial charge in [0.2, 0.25) is 17.7 Å². The quantitative estimate of drug-likeness (QED) is 0.0667. The molecule has 0 aliphatic carbocycles. The van der Waals surface area contributed by atoms with Crippen LogP contribution >= 0.6 is 0 Å². The van der Waals surface area contributed by atoms with E-state index >= 15 is 0 Å². The summed E-state index contributed by atoms with van der Waals surface area (Å²) in [5.74, 6) is -24.0. The van der Waals surface area contributed by atoms with E-state index in [9.17, 15) is 54.3 Å². The number of hydrogen-bond acceptors (Lipinski definition) is 5. The Morgan fingerprint density at radius 1 is 0.673 bits per heavy atom. The summed E-state index contributed by atoms with van der Waals surface area (Å²) in [5, 5.41) is 4.91. The molecule has 3 aromatic carbocycles. The van der Waals surface area contributed by atoms with Gasteiger partial charge < -0.3 is 20.7 Å². The lowest BCUT2D eigenvalue weighted by Gasteiger charge is -2.16. The number of carbonyl (C=O) groups excluding carboxylic acids is 4. The van der Waals surface area contributed by atoms with Gasteiger partial charge in [-0.2, -0.15) is 0 Å². The van der Waals surface area contributed by atoms with E-state index in [0.29, 0.717) is 6.08 Å². The summed E-state index contributed by atoms with van der Waals surface area (Å²) in [6, 6.07) is 5.38. The van der Waals surface area contributed by atoms with Crippen molar-refractivity contribution in [2.45, 2.75) is 28.7 Å². The monoisotopic (exact) mass is 699 g/mol. The van der Waals surface area contributed by atoms with Gasteiger partial charge in [-0.1, -0.05) is 40.1 Å². The SMILES string of the molecule is C.C.C=C(C)C(=O)NCC(=O)Nc1c(F)c(F)c(-c2c(F)c(F)c(NC(=O)/C=C/c3ccc(OC(=O)C(=C)C)cc3)c(F)c2F)c(F)c1F. The fourth-order valence-corrected chi connectivity index (χ4v) is 3.59. The van der Waals surface area contributed by atoms with Crippen LogP contribution in [-0.4, -0.2) is 30.2 Å². The van der Waals surface area contributed by atoms with Gasteiger partial charge in [0.05, 0.1) is 17.7 Å². The van der Waals surface area contributed by atoms with Crippen molar-refractivity contribution >= 4 is 41.1 Å². The average molecular weight is 700 g/mol. The third kappa shape index (κ3) is 9.18. The van der Waals surface area contributed by atoms with Crippen LogP contribution in [0.4, 0.5) is 46.5 Å². The van der Waals surface area contributed by atoms with Crippen molar-refractivity contribution in [2.75, 3.05) is 17.2 Å². The molecule has 3 rings (SSSR count). The van der Waals surface area contributed by atoms with Crippen LogP contribution in [0, 0.1) is 46.5 Å². The molecular weight excluding hydrogens is 670 g/mol. The van der Waals surface area contributed by atoms with Crippen molar-refractivity contribution in [3.05, 3.63) is 107 Å². The minimum Gasteiger partial charge on any atom is -0.423 e. The van der Waals surface area contributed by atoms with Crippen LogP contribution in [0.3, 0.4) is 0 Å². The number of halogens is 8. The van der Waals surface area contributed by atoms with Gasteiger partial charge in [-0.3, -0.25) is 14.4 Å². The zero-order chi connectivity index (χ0) is 35.3. The number of amides is 3. The van der Waals surface area contributed by atoms with Crippen LogP contribution in [0.25, 0.3) is 17.2 Å². The fraction of sp³-hybridized carbons (Fsp3) is 0.152. The molecule has 16 heteroatoms. The first-order valence-electron chi connectivity index (χ1n) is 12.9. The predicted molar refractivity (Wildman–Crippen MR) is 166 cm³/mol. The van der Waals surface area contributed by atoms with Crippen LogP contribution < -0.4 is 20.7 Å². The van der Waals surface area contributed by atoms with Crippen molar-refractivity contribution in [2.24, 2.45) is 0 Å². The first-order chi connectivity index (χ1) is 22.0. The number of hydrogen-bond donors (Lipinski definition) is 3. The van der Waals surface area contributed by atoms with Crippen molar-refractivity contribution in [1.82, 2.24) is 5.32 Å². The second kappa shape index (κ2) is 16.9. The maximum atomic E-state index is 15.0. The Morgan fingerprint density at radius 2 is 1.10 bits per heavy atom. The number of esters is 1. The molecule has 3 amide bonds. The van der Waals surface area contributed by atoms with Crippen molar-refractivity contribution in [3.63, 3.8) is 0 Å². The van der Waals surface area contributed by atoms with Gasteiger partial charge in [-0.15, -0.1) is 0 Å². The van der Waals surface area contributed by atoms with Crippen LogP contribution in [-0.2, 0) is 19.2 Å². The minimum absolute atomic E-state index is 0. The molecule has 0 saturated carbocycles. The molecule has 0 aliphatic heterocycles. The molecular formula is C33H29F8N3O5. The summed E-state index contributed by atoms with van der Waals surface area (Å²) in [7, 11) is 0. The van der Waals surface area contributed by atoms with Crippen LogP contribution in [0.1, 0.15) is 34.3 Å². The molecule has 0 fully saturated rings. The molecule has 0 saturated heterocycles. The Balaban J connectivity index is 0.00000600. The molecule has 0 aromatic heterocycles. The van der Waals surface area contributed by atoms with E-state index in [1.54, 1.807) is 0 Å². The predicted octanol–water partition coefficient (Wildman–Crippen LogP) is 7.50. The van der Waals surface area contributed by atoms with Gasteiger partial charge in [-0.25, -0.2) is 39.9 Å². The van der Waals surface area contributed by atoms with Crippen molar-refractivity contribution < 1.29 is 59.0 Å². The summed E-state index contributed by atoms with van der Waals surface area (Å²) < 4.78 is 124. The Labute approximate surface area is 275 Å². The zero-order valence-electron chi connectivity index (χ0n) is 24.2. The molecule has 0 spiro atoms. The molecule has 262 valence electrons. The lowest BCUT2D eigenvalue weighted by atomic mass is 10.00. The van der Waals surface area contributed by atoms with E-state index in [0.717, 1.165) is 6.08 Å². The summed E-state index contributed by atoms with van der Waals surface area (Å²) in [5.41, 5.74) is -7.59. The van der Waals surface area contributed by atoms with Crippen LogP contribution in [0.15, 0.2) is 54.6 Å². The molecule has 0 heterocycles. The Hall–Kier alpha value is -5.80. The van der Waals surface area contributed by atoms with E-state index in [1.807, 2.05) is 5.32 Å². The number of anilines is 2. The van der Waals surface area contributed by atoms with E-state index < -0.39 is 99.3 Å². The normalized spacial score (nSPS) is 10.4. The van der Waals surface area contributed by atoms with Crippen molar-refractivity contribution in [1.29, 1.82) is 0 Å². The molecule has 0 radical (unpaired) electrons. The number of ether oxygens (including phenoxy) is 1. The summed E-state index contributed by atoms with van der Waals surface area (Å²) in [6.45, 7) is 8.42. The molecule has 0 unspecified atom stereocenters. The highest BCUT2D eigenvalue weighted by molar-refractivity contribution is 6.02. The van der Waals surface area contributed by atoms with Gasteiger partial charge in [0.1, 0.15) is 17.1 Å². The number of nitrogens with one attached hydrogen (secondary N) is 3. The minimum atomic E-state index is -2.55. The van der Waals surface area contributed by atoms with Gasteiger partial charge >= 0.3 is 5.97 Å². The Bertz CT molecular complexity index is 1820. The summed E-state index contributed by atoms with van der Waals surface area (Å²) >= 11 is 0. The van der Waals surface area contributed by atoms with E-state index in [1.165, 1.54) is 48.7 Å². The largest absolute Gasteiger partial charge is 0.423 e. The van der Waals surface area contributed by atoms with Crippen LogP contribution in [0.2, 0.25) is 0 Å². The maximum absolute atomic E-state index is 15.0. The highest BCUT2D eigenvalue weighted by Gasteiger charge is 2.35. The number of benzene rings is 3. The molecule has 3 N–H and O–H groups in total. The Kier molecular flexibility index (Phi) is 14.2. The molecule has 0 aliphatic rings. The highest BCUT2D eigenvalue weighted by Crippen LogP contribution is 2.40. The van der Waals surface area contributed by atoms with Gasteiger partial charge in [0.15, 0.2) is 46.5 Å². The lowest BCUT2D eigenvalue weighted by Crippen LogP contribution is -2.33. The molecule has 8 nitrogen and oxygen atoms in total. The van der Waals surface area contributed by atoms with E-state index in [4.69, 9.17) is 4.74 Å². The topological polar surface area (TPSA) is 114 Å². The average Bonchev–Trinajstić information content (AvgIpc) is 3.03.